The first-order valence-electron chi connectivity index (χ1n) is 11.6. The summed E-state index contributed by atoms with van der Waals surface area (Å²) in [5, 5.41) is 2.07. The molecule has 0 saturated heterocycles. The van der Waals surface area contributed by atoms with Crippen LogP contribution in [0, 0.1) is 0 Å². The molecule has 0 radical (unpaired) electrons. The van der Waals surface area contributed by atoms with Crippen molar-refractivity contribution in [3.8, 4) is 11.5 Å². The standard InChI is InChI=1S/C27H30N2O4S/c1-3-15-28(27(31)20-9-5-4-6-10-20)18-26(30)29-16-13-25-21(14-17-34-25)22(29)19-33-24-12-8-7-11-23(24)32-2/h4-12,14,17,22H,3,13,15-16,18-19H2,1-2H3/t22-/m0/s1. The summed E-state index contributed by atoms with van der Waals surface area (Å²) in [5.41, 5.74) is 1.72. The monoisotopic (exact) mass is 478 g/mol. The molecule has 178 valence electrons. The molecule has 0 saturated carbocycles. The number of methoxy groups -OCH3 is 1. The van der Waals surface area contributed by atoms with Crippen LogP contribution in [0.3, 0.4) is 0 Å². The zero-order valence-corrected chi connectivity index (χ0v) is 20.4. The zero-order chi connectivity index (χ0) is 23.9. The van der Waals surface area contributed by atoms with Gasteiger partial charge in [0.2, 0.25) is 5.91 Å². The molecule has 0 unspecified atom stereocenters. The number of hydrogen-bond donors (Lipinski definition) is 0. The second-order valence-corrected chi connectivity index (χ2v) is 9.21. The number of nitrogens with zero attached hydrogens (tertiary/aromatic N) is 2. The lowest BCUT2D eigenvalue weighted by Gasteiger charge is -2.37. The van der Waals surface area contributed by atoms with Crippen LogP contribution in [0.5, 0.6) is 11.5 Å². The highest BCUT2D eigenvalue weighted by Gasteiger charge is 2.33. The number of amides is 2. The van der Waals surface area contributed by atoms with E-state index in [1.54, 1.807) is 35.5 Å². The first-order chi connectivity index (χ1) is 16.6. The molecule has 0 N–H and O–H groups in total. The van der Waals surface area contributed by atoms with E-state index in [9.17, 15) is 9.59 Å². The summed E-state index contributed by atoms with van der Waals surface area (Å²) >= 11 is 1.71. The lowest BCUT2D eigenvalue weighted by Crippen LogP contribution is -2.48. The molecule has 2 amide bonds. The van der Waals surface area contributed by atoms with E-state index in [1.165, 1.54) is 4.88 Å². The lowest BCUT2D eigenvalue weighted by molar-refractivity contribution is -0.135. The van der Waals surface area contributed by atoms with Gasteiger partial charge in [0, 0.05) is 23.5 Å². The number of fused-ring (bicyclic) bond motifs is 1. The molecule has 34 heavy (non-hydrogen) atoms. The van der Waals surface area contributed by atoms with E-state index in [1.807, 2.05) is 54.3 Å². The summed E-state index contributed by atoms with van der Waals surface area (Å²) in [6.45, 7) is 3.51. The van der Waals surface area contributed by atoms with Gasteiger partial charge in [-0.25, -0.2) is 0 Å². The van der Waals surface area contributed by atoms with Crippen LogP contribution in [-0.4, -0.2) is 55.0 Å². The average molecular weight is 479 g/mol. The van der Waals surface area contributed by atoms with Gasteiger partial charge >= 0.3 is 0 Å². The molecule has 2 aromatic carbocycles. The first kappa shape index (κ1) is 23.8. The highest BCUT2D eigenvalue weighted by atomic mass is 32.1. The molecule has 0 aliphatic carbocycles. The Morgan fingerprint density at radius 1 is 1.06 bits per heavy atom. The minimum atomic E-state index is -0.220. The van der Waals surface area contributed by atoms with Crippen molar-refractivity contribution in [1.82, 2.24) is 9.80 Å². The van der Waals surface area contributed by atoms with Crippen LogP contribution in [0.15, 0.2) is 66.0 Å². The molecule has 0 bridgehead atoms. The molecule has 1 aliphatic heterocycles. The predicted octanol–water partition coefficient (Wildman–Crippen LogP) is 4.81. The van der Waals surface area contributed by atoms with Gasteiger partial charge in [0.15, 0.2) is 11.5 Å². The van der Waals surface area contributed by atoms with Gasteiger partial charge in [-0.05, 0) is 54.1 Å². The van der Waals surface area contributed by atoms with Crippen LogP contribution in [0.2, 0.25) is 0 Å². The first-order valence-corrected chi connectivity index (χ1v) is 12.5. The van der Waals surface area contributed by atoms with E-state index >= 15 is 0 Å². The highest BCUT2D eigenvalue weighted by Crippen LogP contribution is 2.35. The van der Waals surface area contributed by atoms with Gasteiger partial charge in [-0.3, -0.25) is 9.59 Å². The van der Waals surface area contributed by atoms with Crippen LogP contribution < -0.4 is 9.47 Å². The number of carbonyl (C=O) groups is 2. The van der Waals surface area contributed by atoms with Crippen LogP contribution >= 0.6 is 11.3 Å². The summed E-state index contributed by atoms with van der Waals surface area (Å²) < 4.78 is 11.6. The molecule has 6 nitrogen and oxygen atoms in total. The van der Waals surface area contributed by atoms with Gasteiger partial charge < -0.3 is 19.3 Å². The minimum Gasteiger partial charge on any atom is -0.493 e. The largest absolute Gasteiger partial charge is 0.493 e. The second kappa shape index (κ2) is 11.2. The highest BCUT2D eigenvalue weighted by molar-refractivity contribution is 7.10. The number of rotatable bonds is 9. The molecule has 7 heteroatoms. The number of carbonyl (C=O) groups excluding carboxylic acids is 2. The minimum absolute atomic E-state index is 0.0478. The van der Waals surface area contributed by atoms with Crippen molar-refractivity contribution >= 4 is 23.2 Å². The summed E-state index contributed by atoms with van der Waals surface area (Å²) in [7, 11) is 1.61. The maximum absolute atomic E-state index is 13.6. The SMILES string of the molecule is CCCN(CC(=O)N1CCc2sccc2[C@@H]1COc1ccccc1OC)C(=O)c1ccccc1. The predicted molar refractivity (Wildman–Crippen MR) is 134 cm³/mol. The fraction of sp³-hybridized carbons (Fsp3) is 0.333. The Morgan fingerprint density at radius 2 is 1.79 bits per heavy atom. The molecular formula is C27H30N2O4S. The van der Waals surface area contributed by atoms with Gasteiger partial charge in [-0.1, -0.05) is 37.3 Å². The van der Waals surface area contributed by atoms with Gasteiger partial charge in [-0.15, -0.1) is 11.3 Å². The quantitative estimate of drug-likeness (QED) is 0.443. The maximum atomic E-state index is 13.6. The number of hydrogen-bond acceptors (Lipinski definition) is 5. The van der Waals surface area contributed by atoms with Crippen molar-refractivity contribution in [2.24, 2.45) is 0 Å². The van der Waals surface area contributed by atoms with Crippen molar-refractivity contribution in [2.45, 2.75) is 25.8 Å². The number of ether oxygens (including phenoxy) is 2. The molecule has 3 aromatic rings. The second-order valence-electron chi connectivity index (χ2n) is 8.21. The van der Waals surface area contributed by atoms with E-state index in [4.69, 9.17) is 9.47 Å². The smallest absolute Gasteiger partial charge is 0.254 e. The Balaban J connectivity index is 1.53. The maximum Gasteiger partial charge on any atom is 0.254 e. The van der Waals surface area contributed by atoms with Gasteiger partial charge in [0.05, 0.1) is 13.2 Å². The van der Waals surface area contributed by atoms with Gasteiger partial charge in [0.1, 0.15) is 13.2 Å². The fourth-order valence-electron chi connectivity index (χ4n) is 4.32. The number of thiophene rings is 1. The van der Waals surface area contributed by atoms with Gasteiger partial charge in [0.25, 0.3) is 5.91 Å². The van der Waals surface area contributed by atoms with Crippen molar-refractivity contribution in [1.29, 1.82) is 0 Å². The summed E-state index contributed by atoms with van der Waals surface area (Å²) in [6, 6.07) is 18.5. The molecule has 1 aliphatic rings. The van der Waals surface area contributed by atoms with E-state index in [-0.39, 0.29) is 24.4 Å². The van der Waals surface area contributed by atoms with E-state index in [0.29, 0.717) is 36.8 Å². The third-order valence-electron chi connectivity index (χ3n) is 6.01. The third-order valence-corrected chi connectivity index (χ3v) is 7.01. The normalized spacial score (nSPS) is 14.9. The molecule has 2 heterocycles. The molecular weight excluding hydrogens is 448 g/mol. The average Bonchev–Trinajstić information content (AvgIpc) is 3.36. The van der Waals surface area contributed by atoms with Crippen molar-refractivity contribution in [3.05, 3.63) is 82.0 Å². The van der Waals surface area contributed by atoms with E-state index in [2.05, 4.69) is 11.4 Å². The summed E-state index contributed by atoms with van der Waals surface area (Å²) in [6.07, 6.45) is 1.59. The van der Waals surface area contributed by atoms with E-state index in [0.717, 1.165) is 18.4 Å². The Labute approximate surface area is 204 Å². The summed E-state index contributed by atoms with van der Waals surface area (Å²) in [4.78, 5) is 31.4. The van der Waals surface area contributed by atoms with Crippen molar-refractivity contribution in [2.75, 3.05) is 33.4 Å². The Morgan fingerprint density at radius 3 is 2.53 bits per heavy atom. The Hall–Kier alpha value is -3.32. The zero-order valence-electron chi connectivity index (χ0n) is 19.6. The number of para-hydroxylation sites is 2. The van der Waals surface area contributed by atoms with Crippen LogP contribution in [0.4, 0.5) is 0 Å². The Bertz CT molecular complexity index is 1110. The molecule has 4 rings (SSSR count). The molecule has 0 spiro atoms. The van der Waals surface area contributed by atoms with E-state index < -0.39 is 0 Å². The molecule has 1 aromatic heterocycles. The molecule has 0 fully saturated rings. The Kier molecular flexibility index (Phi) is 7.85. The van der Waals surface area contributed by atoms with Crippen LogP contribution in [0.25, 0.3) is 0 Å². The van der Waals surface area contributed by atoms with Crippen molar-refractivity contribution < 1.29 is 19.1 Å². The lowest BCUT2D eigenvalue weighted by atomic mass is 10.0. The third kappa shape index (κ3) is 5.25. The van der Waals surface area contributed by atoms with Gasteiger partial charge in [-0.2, -0.15) is 0 Å². The van der Waals surface area contributed by atoms with Crippen molar-refractivity contribution in [3.63, 3.8) is 0 Å². The fourth-order valence-corrected chi connectivity index (χ4v) is 5.25. The van der Waals surface area contributed by atoms with Crippen LogP contribution in [-0.2, 0) is 11.2 Å². The summed E-state index contributed by atoms with van der Waals surface area (Å²) in [5.74, 6) is 1.12. The number of benzene rings is 2. The molecule has 1 atom stereocenters. The van der Waals surface area contributed by atoms with Crippen LogP contribution in [0.1, 0.15) is 40.2 Å². The topological polar surface area (TPSA) is 59.1 Å².